The Balaban J connectivity index is 1.59. The lowest BCUT2D eigenvalue weighted by atomic mass is 10.1. The summed E-state index contributed by atoms with van der Waals surface area (Å²) in [4.78, 5) is 19.3. The Morgan fingerprint density at radius 1 is 1.11 bits per heavy atom. The predicted octanol–water partition coefficient (Wildman–Crippen LogP) is 4.48. The van der Waals surface area contributed by atoms with Crippen LogP contribution in [0.4, 0.5) is 10.3 Å². The summed E-state index contributed by atoms with van der Waals surface area (Å²) in [7, 11) is 1.50. The fourth-order valence-corrected chi connectivity index (χ4v) is 3.31. The minimum Gasteiger partial charge on any atom is -0.493 e. The van der Waals surface area contributed by atoms with Gasteiger partial charge in [-0.3, -0.25) is 9.78 Å². The largest absolute Gasteiger partial charge is 0.493 e. The van der Waals surface area contributed by atoms with Gasteiger partial charge in [-0.25, -0.2) is 14.8 Å². The SMILES string of the molecule is COc1cccc(C=NNc2nc(-c3ccccc3)c(C#N)c(=O)[nH]2)c1OCc1ccccc1F. The van der Waals surface area contributed by atoms with Gasteiger partial charge in [-0.1, -0.05) is 54.6 Å². The molecule has 3 aromatic carbocycles. The molecule has 0 amide bonds. The molecule has 4 aromatic rings. The minimum absolute atomic E-state index is 0.00769. The van der Waals surface area contributed by atoms with Crippen molar-refractivity contribution < 1.29 is 13.9 Å². The highest BCUT2D eigenvalue weighted by Gasteiger charge is 2.14. The predicted molar refractivity (Wildman–Crippen MR) is 130 cm³/mol. The van der Waals surface area contributed by atoms with Crippen molar-refractivity contribution in [2.24, 2.45) is 5.10 Å². The first-order valence-corrected chi connectivity index (χ1v) is 10.5. The van der Waals surface area contributed by atoms with E-state index in [-0.39, 0.29) is 29.6 Å². The molecule has 1 heterocycles. The van der Waals surface area contributed by atoms with Crippen LogP contribution in [0.15, 0.2) is 82.7 Å². The molecular formula is C26H20FN5O3. The molecule has 8 nitrogen and oxygen atoms in total. The first kappa shape index (κ1) is 23.2. The summed E-state index contributed by atoms with van der Waals surface area (Å²) >= 11 is 0. The molecule has 0 atom stereocenters. The Morgan fingerprint density at radius 2 is 1.89 bits per heavy atom. The van der Waals surface area contributed by atoms with Gasteiger partial charge in [0.25, 0.3) is 5.56 Å². The molecule has 0 saturated heterocycles. The molecule has 4 rings (SSSR count). The number of nitriles is 1. The van der Waals surface area contributed by atoms with Crippen molar-refractivity contribution >= 4 is 12.2 Å². The van der Waals surface area contributed by atoms with Crippen LogP contribution in [0.3, 0.4) is 0 Å². The average molecular weight is 469 g/mol. The number of aromatic amines is 1. The summed E-state index contributed by atoms with van der Waals surface area (Å²) in [6, 6.07) is 22.4. The van der Waals surface area contributed by atoms with E-state index in [1.54, 1.807) is 60.7 Å². The maximum absolute atomic E-state index is 14.0. The highest BCUT2D eigenvalue weighted by molar-refractivity contribution is 5.85. The molecule has 0 aliphatic carbocycles. The van der Waals surface area contributed by atoms with Crippen LogP contribution in [-0.2, 0) is 6.61 Å². The highest BCUT2D eigenvalue weighted by atomic mass is 19.1. The van der Waals surface area contributed by atoms with E-state index in [0.29, 0.717) is 28.2 Å². The van der Waals surface area contributed by atoms with Gasteiger partial charge >= 0.3 is 0 Å². The Hall–Kier alpha value is -4.97. The molecule has 0 unspecified atom stereocenters. The van der Waals surface area contributed by atoms with E-state index in [1.165, 1.54) is 19.4 Å². The molecule has 0 radical (unpaired) electrons. The number of ether oxygens (including phenoxy) is 2. The lowest BCUT2D eigenvalue weighted by molar-refractivity contribution is 0.279. The summed E-state index contributed by atoms with van der Waals surface area (Å²) in [6.07, 6.45) is 1.46. The van der Waals surface area contributed by atoms with E-state index >= 15 is 0 Å². The molecule has 174 valence electrons. The van der Waals surface area contributed by atoms with Crippen molar-refractivity contribution in [2.45, 2.75) is 6.61 Å². The maximum atomic E-state index is 14.0. The second kappa shape index (κ2) is 10.8. The Kier molecular flexibility index (Phi) is 7.13. The number of hydrogen-bond donors (Lipinski definition) is 2. The fraction of sp³-hybridized carbons (Fsp3) is 0.0769. The van der Waals surface area contributed by atoms with Crippen LogP contribution < -0.4 is 20.5 Å². The van der Waals surface area contributed by atoms with E-state index in [1.807, 2.05) is 12.1 Å². The van der Waals surface area contributed by atoms with Gasteiger partial charge in [-0.05, 0) is 18.2 Å². The molecule has 0 bridgehead atoms. The minimum atomic E-state index is -0.589. The Morgan fingerprint density at radius 3 is 2.63 bits per heavy atom. The second-order valence-electron chi connectivity index (χ2n) is 7.24. The van der Waals surface area contributed by atoms with Gasteiger partial charge in [0.15, 0.2) is 11.5 Å². The zero-order valence-corrected chi connectivity index (χ0v) is 18.7. The zero-order chi connectivity index (χ0) is 24.6. The van der Waals surface area contributed by atoms with Crippen LogP contribution in [0.2, 0.25) is 0 Å². The maximum Gasteiger partial charge on any atom is 0.270 e. The quantitative estimate of drug-likeness (QED) is 0.291. The third-order valence-electron chi connectivity index (χ3n) is 5.01. The number of H-pyrrole nitrogens is 1. The monoisotopic (exact) mass is 469 g/mol. The number of rotatable bonds is 8. The number of hydrazone groups is 1. The molecule has 9 heteroatoms. The van der Waals surface area contributed by atoms with E-state index in [0.717, 1.165) is 0 Å². The number of hydrogen-bond acceptors (Lipinski definition) is 7. The third kappa shape index (κ3) is 5.34. The van der Waals surface area contributed by atoms with Crippen molar-refractivity contribution in [3.05, 3.63) is 106 Å². The van der Waals surface area contributed by atoms with Crippen molar-refractivity contribution in [3.8, 4) is 28.8 Å². The number of anilines is 1. The standard InChI is InChI=1S/C26H20FN5O3/c1-34-22-13-7-11-18(24(22)35-16-19-10-5-6-12-21(19)27)15-29-32-26-30-23(17-8-3-2-4-9-17)20(14-28)25(33)31-26/h2-13,15H,16H2,1H3,(H2,30,31,32,33). The van der Waals surface area contributed by atoms with Crippen molar-refractivity contribution in [2.75, 3.05) is 12.5 Å². The van der Waals surface area contributed by atoms with Crippen molar-refractivity contribution in [3.63, 3.8) is 0 Å². The zero-order valence-electron chi connectivity index (χ0n) is 18.7. The van der Waals surface area contributed by atoms with E-state index < -0.39 is 5.56 Å². The van der Waals surface area contributed by atoms with E-state index in [2.05, 4.69) is 20.5 Å². The van der Waals surface area contributed by atoms with Gasteiger partial charge in [-0.2, -0.15) is 10.4 Å². The second-order valence-corrected chi connectivity index (χ2v) is 7.24. The molecule has 0 aliphatic heterocycles. The number of aromatic nitrogens is 2. The van der Waals surface area contributed by atoms with Crippen LogP contribution in [0, 0.1) is 17.1 Å². The van der Waals surface area contributed by atoms with Gasteiger partial charge in [0.1, 0.15) is 24.1 Å². The number of nitrogens with one attached hydrogen (secondary N) is 2. The Labute approximate surface area is 200 Å². The van der Waals surface area contributed by atoms with Crippen LogP contribution in [-0.4, -0.2) is 23.3 Å². The van der Waals surface area contributed by atoms with Crippen LogP contribution >= 0.6 is 0 Å². The van der Waals surface area contributed by atoms with Gasteiger partial charge in [0.2, 0.25) is 5.95 Å². The number of benzene rings is 3. The molecular weight excluding hydrogens is 449 g/mol. The Bertz CT molecular complexity index is 1460. The lowest BCUT2D eigenvalue weighted by Crippen LogP contribution is -2.16. The number of para-hydroxylation sites is 1. The highest BCUT2D eigenvalue weighted by Crippen LogP contribution is 2.31. The smallest absolute Gasteiger partial charge is 0.270 e. The van der Waals surface area contributed by atoms with Gasteiger partial charge < -0.3 is 9.47 Å². The topological polar surface area (TPSA) is 112 Å². The number of halogens is 1. The summed E-state index contributed by atoms with van der Waals surface area (Å²) in [5.74, 6) is 0.502. The van der Waals surface area contributed by atoms with Crippen LogP contribution in [0.5, 0.6) is 11.5 Å². The van der Waals surface area contributed by atoms with Gasteiger partial charge in [0.05, 0.1) is 19.0 Å². The van der Waals surface area contributed by atoms with Crippen molar-refractivity contribution in [1.82, 2.24) is 9.97 Å². The normalized spacial score (nSPS) is 10.7. The van der Waals surface area contributed by atoms with E-state index in [4.69, 9.17) is 9.47 Å². The molecule has 0 fully saturated rings. The molecule has 0 spiro atoms. The third-order valence-corrected chi connectivity index (χ3v) is 5.01. The summed E-state index contributed by atoms with van der Waals surface area (Å²) in [5.41, 5.74) is 3.81. The average Bonchev–Trinajstić information content (AvgIpc) is 2.88. The van der Waals surface area contributed by atoms with Crippen LogP contribution in [0.1, 0.15) is 16.7 Å². The fourth-order valence-electron chi connectivity index (χ4n) is 3.31. The molecule has 1 aromatic heterocycles. The first-order chi connectivity index (χ1) is 17.1. The first-order valence-electron chi connectivity index (χ1n) is 10.5. The lowest BCUT2D eigenvalue weighted by Gasteiger charge is -2.13. The molecule has 35 heavy (non-hydrogen) atoms. The van der Waals surface area contributed by atoms with Crippen molar-refractivity contribution in [1.29, 1.82) is 5.26 Å². The van der Waals surface area contributed by atoms with Gasteiger partial charge in [0, 0.05) is 16.7 Å². The summed E-state index contributed by atoms with van der Waals surface area (Å²) in [5, 5.41) is 13.5. The van der Waals surface area contributed by atoms with E-state index in [9.17, 15) is 14.4 Å². The summed E-state index contributed by atoms with van der Waals surface area (Å²) in [6.45, 7) is -0.00769. The molecule has 0 aliphatic rings. The number of nitrogens with zero attached hydrogens (tertiary/aromatic N) is 3. The van der Waals surface area contributed by atoms with Gasteiger partial charge in [-0.15, -0.1) is 0 Å². The molecule has 2 N–H and O–H groups in total. The number of methoxy groups -OCH3 is 1. The van der Waals surface area contributed by atoms with Crippen LogP contribution in [0.25, 0.3) is 11.3 Å². The summed E-state index contributed by atoms with van der Waals surface area (Å²) < 4.78 is 25.2. The molecule has 0 saturated carbocycles.